The van der Waals surface area contributed by atoms with Gasteiger partial charge < -0.3 is 10.2 Å². The van der Waals surface area contributed by atoms with Crippen molar-refractivity contribution in [2.75, 3.05) is 40.8 Å². The summed E-state index contributed by atoms with van der Waals surface area (Å²) >= 11 is 7.40. The Balaban J connectivity index is 2.31. The average molecular weight is 304 g/mol. The van der Waals surface area contributed by atoms with Gasteiger partial charge in [0.15, 0.2) is 0 Å². The molecule has 0 bridgehead atoms. The van der Waals surface area contributed by atoms with Gasteiger partial charge in [0.25, 0.3) is 0 Å². The lowest BCUT2D eigenvalue weighted by atomic mass is 10.3. The SMILES string of the molecule is CNCCCN(C)CC(=O)N(C)Cc1ccc(Cl)s1. The maximum atomic E-state index is 12.0. The van der Waals surface area contributed by atoms with Gasteiger partial charge in [-0.3, -0.25) is 9.69 Å². The van der Waals surface area contributed by atoms with Crippen LogP contribution in [0.2, 0.25) is 4.34 Å². The number of likely N-dealkylation sites (N-methyl/N-ethyl adjacent to an activating group) is 2. The van der Waals surface area contributed by atoms with Crippen LogP contribution in [-0.4, -0.2) is 56.5 Å². The topological polar surface area (TPSA) is 35.6 Å². The first-order valence-corrected chi connectivity index (χ1v) is 7.53. The molecule has 0 aliphatic rings. The molecular weight excluding hydrogens is 282 g/mol. The van der Waals surface area contributed by atoms with Crippen LogP contribution in [0.5, 0.6) is 0 Å². The van der Waals surface area contributed by atoms with Gasteiger partial charge in [-0.2, -0.15) is 0 Å². The standard InChI is InChI=1S/C13H22ClN3OS/c1-15-7-4-8-16(2)10-13(18)17(3)9-11-5-6-12(14)19-11/h5-6,15H,4,7-10H2,1-3H3. The molecule has 0 spiro atoms. The highest BCUT2D eigenvalue weighted by Crippen LogP contribution is 2.22. The van der Waals surface area contributed by atoms with E-state index < -0.39 is 0 Å². The second kappa shape index (κ2) is 8.53. The molecule has 0 aromatic carbocycles. The van der Waals surface area contributed by atoms with Crippen molar-refractivity contribution in [3.63, 3.8) is 0 Å². The summed E-state index contributed by atoms with van der Waals surface area (Å²) in [5, 5.41) is 3.10. The van der Waals surface area contributed by atoms with E-state index in [1.54, 1.807) is 4.90 Å². The normalized spacial score (nSPS) is 11.0. The number of nitrogens with one attached hydrogen (secondary N) is 1. The van der Waals surface area contributed by atoms with Crippen LogP contribution in [0.4, 0.5) is 0 Å². The molecule has 0 aliphatic heterocycles. The van der Waals surface area contributed by atoms with Gasteiger partial charge in [-0.05, 0) is 45.7 Å². The maximum absolute atomic E-state index is 12.0. The van der Waals surface area contributed by atoms with Crippen molar-refractivity contribution in [3.8, 4) is 0 Å². The van der Waals surface area contributed by atoms with E-state index in [4.69, 9.17) is 11.6 Å². The number of halogens is 1. The molecule has 108 valence electrons. The molecule has 4 nitrogen and oxygen atoms in total. The summed E-state index contributed by atoms with van der Waals surface area (Å²) in [5.41, 5.74) is 0. The largest absolute Gasteiger partial charge is 0.340 e. The fraction of sp³-hybridized carbons (Fsp3) is 0.615. The zero-order chi connectivity index (χ0) is 14.3. The van der Waals surface area contributed by atoms with E-state index >= 15 is 0 Å². The minimum atomic E-state index is 0.136. The van der Waals surface area contributed by atoms with E-state index in [1.165, 1.54) is 11.3 Å². The Labute approximate surface area is 124 Å². The number of carbonyl (C=O) groups is 1. The summed E-state index contributed by atoms with van der Waals surface area (Å²) in [6, 6.07) is 3.83. The summed E-state index contributed by atoms with van der Waals surface area (Å²) in [4.78, 5) is 16.9. The number of thiophene rings is 1. The molecule has 1 aromatic rings. The zero-order valence-corrected chi connectivity index (χ0v) is 13.4. The Morgan fingerprint density at radius 2 is 2.16 bits per heavy atom. The van der Waals surface area contributed by atoms with Crippen LogP contribution in [0.25, 0.3) is 0 Å². The highest BCUT2D eigenvalue weighted by atomic mass is 35.5. The van der Waals surface area contributed by atoms with Crippen LogP contribution >= 0.6 is 22.9 Å². The first-order chi connectivity index (χ1) is 9.02. The van der Waals surface area contributed by atoms with E-state index in [1.807, 2.05) is 33.3 Å². The summed E-state index contributed by atoms with van der Waals surface area (Å²) in [6.07, 6.45) is 1.05. The van der Waals surface area contributed by atoms with E-state index in [0.717, 1.165) is 28.7 Å². The molecule has 0 radical (unpaired) electrons. The Morgan fingerprint density at radius 3 is 2.74 bits per heavy atom. The smallest absolute Gasteiger partial charge is 0.236 e. The van der Waals surface area contributed by atoms with E-state index in [9.17, 15) is 4.79 Å². The maximum Gasteiger partial charge on any atom is 0.236 e. The Bertz CT molecular complexity index is 397. The monoisotopic (exact) mass is 303 g/mol. The second-order valence-electron chi connectivity index (χ2n) is 4.65. The summed E-state index contributed by atoms with van der Waals surface area (Å²) in [6.45, 7) is 2.98. The number of rotatable bonds is 8. The number of hydrogen-bond donors (Lipinski definition) is 1. The van der Waals surface area contributed by atoms with E-state index in [0.29, 0.717) is 13.1 Å². The minimum Gasteiger partial charge on any atom is -0.340 e. The average Bonchev–Trinajstić information content (AvgIpc) is 2.75. The molecule has 6 heteroatoms. The first kappa shape index (κ1) is 16.4. The van der Waals surface area contributed by atoms with Gasteiger partial charge in [-0.1, -0.05) is 11.6 Å². The lowest BCUT2D eigenvalue weighted by Gasteiger charge is -2.21. The number of carbonyl (C=O) groups excluding carboxylic acids is 1. The van der Waals surface area contributed by atoms with Crippen molar-refractivity contribution in [3.05, 3.63) is 21.3 Å². The lowest BCUT2D eigenvalue weighted by molar-refractivity contribution is -0.131. The predicted molar refractivity (Wildman–Crippen MR) is 81.8 cm³/mol. The fourth-order valence-corrected chi connectivity index (χ4v) is 2.86. The van der Waals surface area contributed by atoms with Gasteiger partial charge in [0.05, 0.1) is 17.4 Å². The van der Waals surface area contributed by atoms with Crippen molar-refractivity contribution in [1.29, 1.82) is 0 Å². The number of nitrogens with zero attached hydrogens (tertiary/aromatic N) is 2. The van der Waals surface area contributed by atoms with Gasteiger partial charge in [0.2, 0.25) is 5.91 Å². The van der Waals surface area contributed by atoms with Crippen molar-refractivity contribution in [1.82, 2.24) is 15.1 Å². The van der Waals surface area contributed by atoms with Gasteiger partial charge in [-0.15, -0.1) is 11.3 Å². The van der Waals surface area contributed by atoms with Crippen LogP contribution in [0.15, 0.2) is 12.1 Å². The molecule has 0 fully saturated rings. The summed E-state index contributed by atoms with van der Waals surface area (Å²) in [5.74, 6) is 0.136. The molecule has 0 aliphatic carbocycles. The molecule has 0 atom stereocenters. The van der Waals surface area contributed by atoms with Gasteiger partial charge in [-0.25, -0.2) is 0 Å². The number of amides is 1. The molecule has 19 heavy (non-hydrogen) atoms. The molecule has 0 saturated heterocycles. The molecule has 1 amide bonds. The quantitative estimate of drug-likeness (QED) is 0.745. The van der Waals surface area contributed by atoms with E-state index in [2.05, 4.69) is 10.2 Å². The highest BCUT2D eigenvalue weighted by molar-refractivity contribution is 7.16. The van der Waals surface area contributed by atoms with Crippen molar-refractivity contribution in [2.45, 2.75) is 13.0 Å². The molecule has 1 rings (SSSR count). The lowest BCUT2D eigenvalue weighted by Crippen LogP contribution is -2.37. The van der Waals surface area contributed by atoms with Crippen LogP contribution < -0.4 is 5.32 Å². The Kier molecular flexibility index (Phi) is 7.38. The molecule has 1 aromatic heterocycles. The molecule has 0 unspecified atom stereocenters. The van der Waals surface area contributed by atoms with Crippen LogP contribution in [0.1, 0.15) is 11.3 Å². The summed E-state index contributed by atoms with van der Waals surface area (Å²) < 4.78 is 0.764. The zero-order valence-electron chi connectivity index (χ0n) is 11.8. The predicted octanol–water partition coefficient (Wildman–Crippen LogP) is 1.90. The van der Waals surface area contributed by atoms with E-state index in [-0.39, 0.29) is 5.91 Å². The molecular formula is C13H22ClN3OS. The van der Waals surface area contributed by atoms with Crippen molar-refractivity contribution >= 4 is 28.8 Å². The summed E-state index contributed by atoms with van der Waals surface area (Å²) in [7, 11) is 5.74. The third-order valence-corrected chi connectivity index (χ3v) is 4.04. The van der Waals surface area contributed by atoms with Crippen molar-refractivity contribution < 1.29 is 4.79 Å². The van der Waals surface area contributed by atoms with Crippen LogP contribution in [-0.2, 0) is 11.3 Å². The minimum absolute atomic E-state index is 0.136. The third kappa shape index (κ3) is 6.38. The molecule has 1 N–H and O–H groups in total. The number of hydrogen-bond acceptors (Lipinski definition) is 4. The first-order valence-electron chi connectivity index (χ1n) is 6.34. The Hall–Kier alpha value is -0.620. The van der Waals surface area contributed by atoms with Gasteiger partial charge >= 0.3 is 0 Å². The molecule has 1 heterocycles. The van der Waals surface area contributed by atoms with Crippen LogP contribution in [0, 0.1) is 0 Å². The molecule has 0 saturated carbocycles. The third-order valence-electron chi connectivity index (χ3n) is 2.82. The fourth-order valence-electron chi connectivity index (χ4n) is 1.72. The second-order valence-corrected chi connectivity index (χ2v) is 6.45. The van der Waals surface area contributed by atoms with Crippen molar-refractivity contribution in [2.24, 2.45) is 0 Å². The van der Waals surface area contributed by atoms with Gasteiger partial charge in [0, 0.05) is 11.9 Å². The van der Waals surface area contributed by atoms with Crippen LogP contribution in [0.3, 0.4) is 0 Å². The Morgan fingerprint density at radius 1 is 1.42 bits per heavy atom. The van der Waals surface area contributed by atoms with Gasteiger partial charge in [0.1, 0.15) is 0 Å². The highest BCUT2D eigenvalue weighted by Gasteiger charge is 2.12.